The maximum Gasteiger partial charge on any atom is 0.162 e. The molecule has 0 radical (unpaired) electrons. The summed E-state index contributed by atoms with van der Waals surface area (Å²) in [6.45, 7) is 3.30. The normalized spacial score (nSPS) is 14.8. The predicted octanol–water partition coefficient (Wildman–Crippen LogP) is 3.84. The largest absolute Gasteiger partial charge is 0.486 e. The molecule has 2 aromatic carbocycles. The van der Waals surface area contributed by atoms with E-state index in [1.54, 1.807) is 0 Å². The molecular weight excluding hydrogens is 330 g/mol. The SMILES string of the molecule is CNC(c1ccc(C)cc1)c1cc2c(cc1Br)OCCO2. The van der Waals surface area contributed by atoms with E-state index in [1.807, 2.05) is 13.1 Å². The van der Waals surface area contributed by atoms with E-state index in [0.717, 1.165) is 21.5 Å². The van der Waals surface area contributed by atoms with Gasteiger partial charge >= 0.3 is 0 Å². The number of hydrogen-bond donors (Lipinski definition) is 1. The number of hydrogen-bond acceptors (Lipinski definition) is 3. The first-order valence-electron chi connectivity index (χ1n) is 7.02. The molecule has 110 valence electrons. The molecule has 2 aromatic rings. The highest BCUT2D eigenvalue weighted by atomic mass is 79.9. The molecule has 1 N–H and O–H groups in total. The van der Waals surface area contributed by atoms with Crippen LogP contribution < -0.4 is 14.8 Å². The van der Waals surface area contributed by atoms with Crippen molar-refractivity contribution in [1.29, 1.82) is 0 Å². The zero-order chi connectivity index (χ0) is 14.8. The molecule has 1 unspecified atom stereocenters. The zero-order valence-corrected chi connectivity index (χ0v) is 13.7. The average Bonchev–Trinajstić information content (AvgIpc) is 2.50. The van der Waals surface area contributed by atoms with Crippen molar-refractivity contribution in [3.05, 3.63) is 57.6 Å². The third-order valence-corrected chi connectivity index (χ3v) is 4.36. The Morgan fingerprint density at radius 3 is 2.29 bits per heavy atom. The Labute approximate surface area is 133 Å². The summed E-state index contributed by atoms with van der Waals surface area (Å²) in [5, 5.41) is 3.38. The molecule has 0 aliphatic carbocycles. The first-order valence-corrected chi connectivity index (χ1v) is 7.81. The van der Waals surface area contributed by atoms with Crippen molar-refractivity contribution in [3.8, 4) is 11.5 Å². The van der Waals surface area contributed by atoms with Gasteiger partial charge in [-0.3, -0.25) is 0 Å². The van der Waals surface area contributed by atoms with E-state index in [9.17, 15) is 0 Å². The van der Waals surface area contributed by atoms with Gasteiger partial charge in [-0.05, 0) is 37.2 Å². The summed E-state index contributed by atoms with van der Waals surface area (Å²) in [5.74, 6) is 1.61. The van der Waals surface area contributed by atoms with Gasteiger partial charge in [0.2, 0.25) is 0 Å². The summed E-state index contributed by atoms with van der Waals surface area (Å²) in [6.07, 6.45) is 0. The van der Waals surface area contributed by atoms with Crippen LogP contribution in [0.15, 0.2) is 40.9 Å². The number of aryl methyl sites for hydroxylation is 1. The highest BCUT2D eigenvalue weighted by Crippen LogP contribution is 2.39. The standard InChI is InChI=1S/C17H18BrNO2/c1-11-3-5-12(6-4-11)17(19-2)13-9-15-16(10-14(13)18)21-8-7-20-15/h3-6,9-10,17,19H,7-8H2,1-2H3. The van der Waals surface area contributed by atoms with Gasteiger partial charge in [0, 0.05) is 4.47 Å². The quantitative estimate of drug-likeness (QED) is 0.914. The molecule has 0 spiro atoms. The predicted molar refractivity (Wildman–Crippen MR) is 87.2 cm³/mol. The minimum Gasteiger partial charge on any atom is -0.486 e. The van der Waals surface area contributed by atoms with Crippen molar-refractivity contribution >= 4 is 15.9 Å². The van der Waals surface area contributed by atoms with E-state index in [4.69, 9.17) is 9.47 Å². The van der Waals surface area contributed by atoms with Crippen LogP contribution in [0.5, 0.6) is 11.5 Å². The summed E-state index contributed by atoms with van der Waals surface area (Å²) in [5.41, 5.74) is 3.63. The van der Waals surface area contributed by atoms with Crippen molar-refractivity contribution in [2.75, 3.05) is 20.3 Å². The lowest BCUT2D eigenvalue weighted by Crippen LogP contribution is -2.20. The average molecular weight is 348 g/mol. The van der Waals surface area contributed by atoms with Crippen LogP contribution in [0.2, 0.25) is 0 Å². The Kier molecular flexibility index (Phi) is 4.17. The van der Waals surface area contributed by atoms with Crippen LogP contribution in [0.4, 0.5) is 0 Å². The van der Waals surface area contributed by atoms with Crippen molar-refractivity contribution in [3.63, 3.8) is 0 Å². The van der Waals surface area contributed by atoms with Crippen molar-refractivity contribution in [2.45, 2.75) is 13.0 Å². The van der Waals surface area contributed by atoms with E-state index < -0.39 is 0 Å². The fourth-order valence-corrected chi connectivity index (χ4v) is 3.11. The maximum absolute atomic E-state index is 5.70. The minimum atomic E-state index is 0.107. The van der Waals surface area contributed by atoms with Gasteiger partial charge in [0.15, 0.2) is 11.5 Å². The van der Waals surface area contributed by atoms with Crippen molar-refractivity contribution < 1.29 is 9.47 Å². The third kappa shape index (κ3) is 2.92. The third-order valence-electron chi connectivity index (χ3n) is 3.67. The molecule has 0 bridgehead atoms. The smallest absolute Gasteiger partial charge is 0.162 e. The molecule has 1 heterocycles. The number of halogens is 1. The summed E-state index contributed by atoms with van der Waals surface area (Å²) in [6, 6.07) is 12.7. The van der Waals surface area contributed by atoms with Gasteiger partial charge in [0.1, 0.15) is 13.2 Å². The molecule has 1 aliphatic heterocycles. The molecule has 1 atom stereocenters. The van der Waals surface area contributed by atoms with E-state index >= 15 is 0 Å². The first-order chi connectivity index (χ1) is 10.2. The highest BCUT2D eigenvalue weighted by molar-refractivity contribution is 9.10. The second-order valence-electron chi connectivity index (χ2n) is 5.15. The Morgan fingerprint density at radius 1 is 1.05 bits per heavy atom. The van der Waals surface area contributed by atoms with E-state index in [0.29, 0.717) is 13.2 Å². The molecular formula is C17H18BrNO2. The minimum absolute atomic E-state index is 0.107. The van der Waals surface area contributed by atoms with Gasteiger partial charge in [-0.15, -0.1) is 0 Å². The van der Waals surface area contributed by atoms with Crippen LogP contribution in [0.1, 0.15) is 22.7 Å². The zero-order valence-electron chi connectivity index (χ0n) is 12.2. The Balaban J connectivity index is 2.02. The number of ether oxygens (including phenoxy) is 2. The molecule has 0 saturated carbocycles. The first kappa shape index (κ1) is 14.4. The molecule has 3 nitrogen and oxygen atoms in total. The van der Waals surface area contributed by atoms with Crippen LogP contribution in [-0.4, -0.2) is 20.3 Å². The number of nitrogens with one attached hydrogen (secondary N) is 1. The Bertz CT molecular complexity index is 640. The molecule has 0 fully saturated rings. The Hall–Kier alpha value is -1.52. The monoisotopic (exact) mass is 347 g/mol. The van der Waals surface area contributed by atoms with Crippen LogP contribution in [-0.2, 0) is 0 Å². The van der Waals surface area contributed by atoms with Crippen LogP contribution in [0.25, 0.3) is 0 Å². The summed E-state index contributed by atoms with van der Waals surface area (Å²) < 4.78 is 12.3. The second-order valence-corrected chi connectivity index (χ2v) is 6.00. The van der Waals surface area contributed by atoms with Gasteiger partial charge in [0.05, 0.1) is 6.04 Å². The van der Waals surface area contributed by atoms with Gasteiger partial charge in [-0.25, -0.2) is 0 Å². The van der Waals surface area contributed by atoms with Gasteiger partial charge in [-0.1, -0.05) is 45.8 Å². The molecule has 0 amide bonds. The van der Waals surface area contributed by atoms with E-state index in [2.05, 4.69) is 58.5 Å². The van der Waals surface area contributed by atoms with Crippen LogP contribution in [0, 0.1) is 6.92 Å². The Morgan fingerprint density at radius 2 is 1.67 bits per heavy atom. The van der Waals surface area contributed by atoms with Crippen LogP contribution in [0.3, 0.4) is 0 Å². The lowest BCUT2D eigenvalue weighted by atomic mass is 9.97. The highest BCUT2D eigenvalue weighted by Gasteiger charge is 2.20. The molecule has 0 aromatic heterocycles. The maximum atomic E-state index is 5.70. The van der Waals surface area contributed by atoms with Crippen LogP contribution >= 0.6 is 15.9 Å². The fourth-order valence-electron chi connectivity index (χ4n) is 2.56. The molecule has 3 rings (SSSR count). The van der Waals surface area contributed by atoms with E-state index in [1.165, 1.54) is 11.1 Å². The summed E-state index contributed by atoms with van der Waals surface area (Å²) in [4.78, 5) is 0. The lowest BCUT2D eigenvalue weighted by Gasteiger charge is -2.24. The number of rotatable bonds is 3. The lowest BCUT2D eigenvalue weighted by molar-refractivity contribution is 0.171. The van der Waals surface area contributed by atoms with Crippen molar-refractivity contribution in [2.24, 2.45) is 0 Å². The molecule has 4 heteroatoms. The second kappa shape index (κ2) is 6.08. The van der Waals surface area contributed by atoms with E-state index in [-0.39, 0.29) is 6.04 Å². The van der Waals surface area contributed by atoms with Gasteiger partial charge < -0.3 is 14.8 Å². The molecule has 0 saturated heterocycles. The fraction of sp³-hybridized carbons (Fsp3) is 0.294. The number of benzene rings is 2. The summed E-state index contributed by atoms with van der Waals surface area (Å²) in [7, 11) is 1.97. The molecule has 1 aliphatic rings. The molecule has 21 heavy (non-hydrogen) atoms. The summed E-state index contributed by atoms with van der Waals surface area (Å²) >= 11 is 3.65. The van der Waals surface area contributed by atoms with Gasteiger partial charge in [0.25, 0.3) is 0 Å². The number of fused-ring (bicyclic) bond motifs is 1. The van der Waals surface area contributed by atoms with Gasteiger partial charge in [-0.2, -0.15) is 0 Å². The topological polar surface area (TPSA) is 30.5 Å². The van der Waals surface area contributed by atoms with Crippen molar-refractivity contribution in [1.82, 2.24) is 5.32 Å².